The highest BCUT2D eigenvalue weighted by molar-refractivity contribution is 5.72. The maximum absolute atomic E-state index is 9.96. The number of hydrazine groups is 1. The van der Waals surface area contributed by atoms with Crippen molar-refractivity contribution in [3.8, 4) is 0 Å². The second-order valence-corrected chi connectivity index (χ2v) is 0.775. The van der Waals surface area contributed by atoms with Crippen molar-refractivity contribution in [2.45, 2.75) is 0 Å². The molecule has 0 aromatic rings. The molecule has 0 bridgehead atoms. The summed E-state index contributed by atoms with van der Waals surface area (Å²) in [4.78, 5) is 12.2. The Labute approximate surface area is 44.4 Å². The van der Waals surface area contributed by atoms with Crippen molar-refractivity contribution in [1.82, 2.24) is 10.9 Å². The Morgan fingerprint density at radius 1 is 1.88 bits per heavy atom. The van der Waals surface area contributed by atoms with E-state index in [2.05, 4.69) is 16.0 Å². The van der Waals surface area contributed by atoms with Gasteiger partial charge in [0.05, 0.1) is 0 Å². The fourth-order valence-electron chi connectivity index (χ4n) is 0.100. The van der Waals surface area contributed by atoms with Crippen molar-refractivity contribution in [1.29, 1.82) is 0 Å². The van der Waals surface area contributed by atoms with E-state index in [1.807, 2.05) is 0 Å². The highest BCUT2D eigenvalue weighted by atomic mass is 16.2. The van der Waals surface area contributed by atoms with Gasteiger partial charge < -0.3 is 0 Å². The van der Waals surface area contributed by atoms with Crippen LogP contribution in [-0.2, 0) is 0 Å². The fourth-order valence-corrected chi connectivity index (χ4v) is 0.100. The van der Waals surface area contributed by atoms with Crippen LogP contribution in [0.2, 0.25) is 0 Å². The van der Waals surface area contributed by atoms with Crippen molar-refractivity contribution in [2.24, 2.45) is 11.1 Å². The number of carbonyl (C=O) groups is 1. The molecule has 7 nitrogen and oxygen atoms in total. The summed E-state index contributed by atoms with van der Waals surface area (Å²) in [6, 6.07) is -0.747. The molecule has 0 fully saturated rings. The Kier molecular flexibility index (Phi) is 3.04. The van der Waals surface area contributed by atoms with Crippen molar-refractivity contribution in [3.05, 3.63) is 10.4 Å². The highest BCUT2D eigenvalue weighted by Crippen LogP contribution is 1.59. The van der Waals surface area contributed by atoms with Crippen molar-refractivity contribution < 1.29 is 4.79 Å². The van der Waals surface area contributed by atoms with Crippen LogP contribution < -0.4 is 16.7 Å². The zero-order valence-electron chi connectivity index (χ0n) is 3.83. The molecule has 0 aromatic carbocycles. The Hall–Kier alpha value is -1.46. The van der Waals surface area contributed by atoms with Crippen molar-refractivity contribution in [2.75, 3.05) is 0 Å². The Morgan fingerprint density at radius 3 is 2.88 bits per heavy atom. The van der Waals surface area contributed by atoms with Gasteiger partial charge in [-0.25, -0.2) is 10.6 Å². The lowest BCUT2D eigenvalue weighted by molar-refractivity contribution is 0.241. The van der Waals surface area contributed by atoms with Gasteiger partial charge in [0, 0.05) is 0 Å². The van der Waals surface area contributed by atoms with E-state index in [1.54, 1.807) is 10.9 Å². The first kappa shape index (κ1) is 6.54. The van der Waals surface area contributed by atoms with Crippen LogP contribution in [0.1, 0.15) is 0 Å². The molecule has 44 valence electrons. The number of nitrogens with zero attached hydrogens (tertiary/aromatic N) is 3. The van der Waals surface area contributed by atoms with Crippen molar-refractivity contribution >= 4 is 6.03 Å². The second kappa shape index (κ2) is 3.72. The van der Waals surface area contributed by atoms with Gasteiger partial charge in [0.1, 0.15) is 0 Å². The van der Waals surface area contributed by atoms with Gasteiger partial charge >= 0.3 is 6.03 Å². The van der Waals surface area contributed by atoms with E-state index in [1.165, 1.54) is 0 Å². The summed E-state index contributed by atoms with van der Waals surface area (Å²) < 4.78 is 0. The molecule has 0 radical (unpaired) electrons. The van der Waals surface area contributed by atoms with Crippen LogP contribution >= 0.6 is 0 Å². The second-order valence-electron chi connectivity index (χ2n) is 0.775. The third-order valence-corrected chi connectivity index (χ3v) is 0.327. The predicted molar refractivity (Wildman–Crippen MR) is 25.0 cm³/mol. The molecule has 0 atom stereocenters. The first-order valence-electron chi connectivity index (χ1n) is 1.62. The molecule has 0 aromatic heterocycles. The third kappa shape index (κ3) is 2.76. The van der Waals surface area contributed by atoms with Crippen molar-refractivity contribution in [3.63, 3.8) is 0 Å². The molecule has 0 unspecified atom stereocenters. The molecule has 2 amide bonds. The molecule has 0 heterocycles. The van der Waals surface area contributed by atoms with Gasteiger partial charge in [-0.05, 0) is 5.22 Å². The molecular formula is CH4N6O. The summed E-state index contributed by atoms with van der Waals surface area (Å²) in [6.45, 7) is 0. The first-order valence-corrected chi connectivity index (χ1v) is 1.62. The van der Waals surface area contributed by atoms with E-state index in [4.69, 9.17) is 5.53 Å². The van der Waals surface area contributed by atoms with Crippen LogP contribution in [0.25, 0.3) is 10.4 Å². The summed E-state index contributed by atoms with van der Waals surface area (Å²) in [6.07, 6.45) is 0. The molecule has 8 heavy (non-hydrogen) atoms. The zero-order valence-corrected chi connectivity index (χ0v) is 3.83. The molecule has 0 saturated heterocycles. The number of rotatable bonds is 1. The average molecular weight is 116 g/mol. The monoisotopic (exact) mass is 116 g/mol. The molecule has 0 saturated carbocycles. The number of carbonyl (C=O) groups excluding carboxylic acids is 1. The Bertz CT molecular complexity index is 122. The number of azide groups is 1. The van der Waals surface area contributed by atoms with Gasteiger partial charge in [-0.3, -0.25) is 5.43 Å². The summed E-state index contributed by atoms with van der Waals surface area (Å²) in [5, 5.41) is 2.68. The first-order chi connectivity index (χ1) is 3.81. The van der Waals surface area contributed by atoms with Gasteiger partial charge in [-0.2, -0.15) is 10.3 Å². The van der Waals surface area contributed by atoms with Crippen LogP contribution in [0.4, 0.5) is 4.79 Å². The summed E-state index contributed by atoms with van der Waals surface area (Å²) in [7, 11) is 0. The zero-order chi connectivity index (χ0) is 6.41. The standard InChI is InChI=1S/CH4N6O/c2-4-1(8)5-7-6-3/h2H2,(H2,4,5,8). The van der Waals surface area contributed by atoms with E-state index >= 15 is 0 Å². The normalized spacial score (nSPS) is 6.62. The Morgan fingerprint density at radius 2 is 2.50 bits per heavy atom. The molecule has 0 spiro atoms. The number of urea groups is 1. The minimum absolute atomic E-state index is 0.747. The number of hydrogen-bond donors (Lipinski definition) is 3. The third-order valence-electron chi connectivity index (χ3n) is 0.327. The van der Waals surface area contributed by atoms with Crippen LogP contribution in [-0.4, -0.2) is 6.03 Å². The number of amides is 2. The van der Waals surface area contributed by atoms with Gasteiger partial charge in [0.2, 0.25) is 0 Å². The lowest BCUT2D eigenvalue weighted by Crippen LogP contribution is -2.36. The SMILES string of the molecule is [N-]=[N+]=NNC(=O)NN. The van der Waals surface area contributed by atoms with E-state index < -0.39 is 6.03 Å². The van der Waals surface area contributed by atoms with Gasteiger partial charge in [-0.1, -0.05) is 0 Å². The molecule has 0 rings (SSSR count). The summed E-state index contributed by atoms with van der Waals surface area (Å²) in [5.41, 5.74) is 11.0. The minimum atomic E-state index is -0.747. The minimum Gasteiger partial charge on any atom is -0.255 e. The number of nitrogens with two attached hydrogens (primary N) is 1. The molecule has 4 N–H and O–H groups in total. The van der Waals surface area contributed by atoms with Crippen LogP contribution in [0.15, 0.2) is 5.22 Å². The van der Waals surface area contributed by atoms with E-state index in [0.29, 0.717) is 0 Å². The van der Waals surface area contributed by atoms with Gasteiger partial charge in [0.25, 0.3) is 0 Å². The number of nitrogens with one attached hydrogen (secondary N) is 2. The fraction of sp³-hybridized carbons (Fsp3) is 0. The lowest BCUT2D eigenvalue weighted by atomic mass is 11.1. The molecule has 0 aliphatic rings. The topological polar surface area (TPSA) is 116 Å². The van der Waals surface area contributed by atoms with Gasteiger partial charge in [-0.15, -0.1) is 5.53 Å². The largest absolute Gasteiger partial charge is 0.423 e. The summed E-state index contributed by atoms with van der Waals surface area (Å²) in [5.74, 6) is 4.57. The van der Waals surface area contributed by atoms with Crippen LogP contribution in [0, 0.1) is 0 Å². The highest BCUT2D eigenvalue weighted by Gasteiger charge is 1.92. The van der Waals surface area contributed by atoms with Crippen LogP contribution in [0.5, 0.6) is 0 Å². The smallest absolute Gasteiger partial charge is 0.255 e. The quantitative estimate of drug-likeness (QED) is 0.106. The molecule has 7 heteroatoms. The Balaban J connectivity index is 3.39. The molecular weight excluding hydrogens is 112 g/mol. The average Bonchev–Trinajstić information content (AvgIpc) is 1.83. The van der Waals surface area contributed by atoms with E-state index in [-0.39, 0.29) is 0 Å². The summed E-state index contributed by atoms with van der Waals surface area (Å²) >= 11 is 0. The van der Waals surface area contributed by atoms with E-state index in [9.17, 15) is 4.79 Å². The molecule has 0 aliphatic carbocycles. The number of hydrogen-bond acceptors (Lipinski definition) is 3. The van der Waals surface area contributed by atoms with Crippen LogP contribution in [0.3, 0.4) is 0 Å². The van der Waals surface area contributed by atoms with Gasteiger partial charge in [0.15, 0.2) is 0 Å². The van der Waals surface area contributed by atoms with E-state index in [0.717, 1.165) is 0 Å². The molecule has 0 aliphatic heterocycles. The maximum Gasteiger partial charge on any atom is 0.423 e. The lowest BCUT2D eigenvalue weighted by Gasteiger charge is -1.86. The predicted octanol–water partition coefficient (Wildman–Crippen LogP) is -0.615. The maximum atomic E-state index is 9.96.